The van der Waals surface area contributed by atoms with Gasteiger partial charge in [0, 0.05) is 12.1 Å². The van der Waals surface area contributed by atoms with Crippen LogP contribution >= 0.6 is 0 Å². The first kappa shape index (κ1) is 16.1. The van der Waals surface area contributed by atoms with Crippen molar-refractivity contribution >= 4 is 5.78 Å². The van der Waals surface area contributed by atoms with Crippen LogP contribution < -0.4 is 0 Å². The Morgan fingerprint density at radius 3 is 2.62 bits per heavy atom. The molecule has 26 heavy (non-hydrogen) atoms. The smallest absolute Gasteiger partial charge is 0.208 e. The highest BCUT2D eigenvalue weighted by Gasteiger charge is 2.37. The van der Waals surface area contributed by atoms with E-state index in [0.29, 0.717) is 17.1 Å². The fourth-order valence-electron chi connectivity index (χ4n) is 2.90. The molecular weight excluding hydrogens is 333 g/mol. The molecule has 2 heterocycles. The van der Waals surface area contributed by atoms with Crippen molar-refractivity contribution in [1.82, 2.24) is 20.0 Å². The number of pyridine rings is 1. The van der Waals surface area contributed by atoms with Crippen molar-refractivity contribution in [2.75, 3.05) is 0 Å². The highest BCUT2D eigenvalue weighted by atomic mass is 19.1. The third-order valence-corrected chi connectivity index (χ3v) is 4.35. The van der Waals surface area contributed by atoms with Crippen molar-refractivity contribution in [3.05, 3.63) is 71.6 Å². The fraction of sp³-hybridized carbons (Fsp3) is 0.211. The van der Waals surface area contributed by atoms with Crippen LogP contribution in [0.3, 0.4) is 0 Å². The van der Waals surface area contributed by atoms with Gasteiger partial charge < -0.3 is 0 Å². The summed E-state index contributed by atoms with van der Waals surface area (Å²) in [6.45, 7) is 0. The van der Waals surface area contributed by atoms with Gasteiger partial charge in [-0.05, 0) is 49.2 Å². The average molecular weight is 347 g/mol. The van der Waals surface area contributed by atoms with Crippen LogP contribution in [0.15, 0.2) is 48.7 Å². The Kier molecular flexibility index (Phi) is 4.01. The van der Waals surface area contributed by atoms with Crippen LogP contribution in [0.5, 0.6) is 0 Å². The van der Waals surface area contributed by atoms with Gasteiger partial charge in [-0.15, -0.1) is 5.10 Å². The highest BCUT2D eigenvalue weighted by Crippen LogP contribution is 2.42. The van der Waals surface area contributed by atoms with Crippen LogP contribution in [-0.4, -0.2) is 25.8 Å². The third-order valence-electron chi connectivity index (χ3n) is 4.35. The maximum atomic E-state index is 13.2. The van der Waals surface area contributed by atoms with Crippen molar-refractivity contribution in [3.8, 4) is 11.8 Å². The summed E-state index contributed by atoms with van der Waals surface area (Å²) in [7, 11) is 0. The van der Waals surface area contributed by atoms with E-state index in [1.165, 1.54) is 12.1 Å². The molecular formula is C19H14FN5O. The molecule has 6 nitrogen and oxygen atoms in total. The molecule has 7 heteroatoms. The number of carbonyl (C=O) groups excluding carboxylic acids is 1. The Labute approximate surface area is 148 Å². The minimum atomic E-state index is -1.04. The zero-order valence-corrected chi connectivity index (χ0v) is 13.7. The lowest BCUT2D eigenvalue weighted by Crippen LogP contribution is -2.15. The predicted molar refractivity (Wildman–Crippen MR) is 90.2 cm³/mol. The van der Waals surface area contributed by atoms with E-state index in [9.17, 15) is 14.4 Å². The number of benzene rings is 1. The largest absolute Gasteiger partial charge is 0.290 e. The monoisotopic (exact) mass is 347 g/mol. The van der Waals surface area contributed by atoms with E-state index in [1.807, 2.05) is 6.07 Å². The van der Waals surface area contributed by atoms with E-state index in [1.54, 1.807) is 41.2 Å². The highest BCUT2D eigenvalue weighted by molar-refractivity contribution is 6.02. The Morgan fingerprint density at radius 2 is 2.00 bits per heavy atom. The van der Waals surface area contributed by atoms with Crippen molar-refractivity contribution in [3.63, 3.8) is 0 Å². The van der Waals surface area contributed by atoms with Crippen molar-refractivity contribution in [2.45, 2.75) is 24.7 Å². The van der Waals surface area contributed by atoms with Crippen molar-refractivity contribution < 1.29 is 9.18 Å². The summed E-state index contributed by atoms with van der Waals surface area (Å²) < 4.78 is 14.8. The molecule has 0 saturated heterocycles. The maximum absolute atomic E-state index is 13.2. The first-order valence-electron chi connectivity index (χ1n) is 8.25. The minimum Gasteiger partial charge on any atom is -0.290 e. The molecule has 3 aromatic rings. The maximum Gasteiger partial charge on any atom is 0.208 e. The standard InChI is InChI=1S/C19H14FN5O/c20-13-6-8-14(9-7-13)25-18(12-4-5-12)17(23-24-25)19(26)15(11-21)16-3-1-2-10-22-16/h1-3,6-10,12,15H,4-5H2/t15-/m1/s1. The summed E-state index contributed by atoms with van der Waals surface area (Å²) in [6.07, 6.45) is 3.40. The molecule has 0 amide bonds. The van der Waals surface area contributed by atoms with Crippen LogP contribution in [0, 0.1) is 17.1 Å². The molecule has 1 aliphatic rings. The molecule has 128 valence electrons. The second kappa shape index (κ2) is 6.48. The summed E-state index contributed by atoms with van der Waals surface area (Å²) in [6, 6.07) is 13.0. The second-order valence-corrected chi connectivity index (χ2v) is 6.17. The Hall–Kier alpha value is -3.40. The van der Waals surface area contributed by atoms with E-state index in [-0.39, 0.29) is 17.4 Å². The number of aromatic nitrogens is 4. The SMILES string of the molecule is N#C[C@@H](C(=O)c1nnn(-c2ccc(F)cc2)c1C1CC1)c1ccccn1. The molecule has 1 aliphatic carbocycles. The number of ketones is 1. The lowest BCUT2D eigenvalue weighted by atomic mass is 9.97. The first-order valence-corrected chi connectivity index (χ1v) is 8.25. The number of hydrogen-bond acceptors (Lipinski definition) is 5. The Bertz CT molecular complexity index is 987. The Balaban J connectivity index is 1.76. The van der Waals surface area contributed by atoms with Crippen LogP contribution in [0.25, 0.3) is 5.69 Å². The van der Waals surface area contributed by atoms with Crippen LogP contribution in [0.2, 0.25) is 0 Å². The molecule has 0 bridgehead atoms. The van der Waals surface area contributed by atoms with Gasteiger partial charge in [0.25, 0.3) is 0 Å². The van der Waals surface area contributed by atoms with Gasteiger partial charge in [-0.25, -0.2) is 9.07 Å². The number of hydrogen-bond donors (Lipinski definition) is 0. The van der Waals surface area contributed by atoms with Crippen LogP contribution in [0.4, 0.5) is 4.39 Å². The molecule has 0 unspecified atom stereocenters. The zero-order chi connectivity index (χ0) is 18.1. The van der Waals surface area contributed by atoms with Gasteiger partial charge in [-0.2, -0.15) is 5.26 Å². The molecule has 0 aliphatic heterocycles. The number of nitriles is 1. The number of nitrogens with zero attached hydrogens (tertiary/aromatic N) is 5. The molecule has 1 atom stereocenters. The van der Waals surface area contributed by atoms with Gasteiger partial charge in [0.1, 0.15) is 5.82 Å². The molecule has 0 radical (unpaired) electrons. The number of Topliss-reactive ketones (excluding diaryl/α,β-unsaturated/α-hetero) is 1. The Morgan fingerprint density at radius 1 is 1.23 bits per heavy atom. The molecule has 0 spiro atoms. The number of carbonyl (C=O) groups is 1. The number of halogens is 1. The van der Waals surface area contributed by atoms with E-state index in [4.69, 9.17) is 0 Å². The molecule has 1 fully saturated rings. The zero-order valence-electron chi connectivity index (χ0n) is 13.7. The van der Waals surface area contributed by atoms with Crippen molar-refractivity contribution in [2.24, 2.45) is 0 Å². The minimum absolute atomic E-state index is 0.164. The molecule has 0 N–H and O–H groups in total. The predicted octanol–water partition coefficient (Wildman–Crippen LogP) is 3.17. The normalized spacial score (nSPS) is 14.6. The molecule has 1 aromatic carbocycles. The van der Waals surface area contributed by atoms with E-state index < -0.39 is 11.7 Å². The van der Waals surface area contributed by atoms with E-state index >= 15 is 0 Å². The summed E-state index contributed by atoms with van der Waals surface area (Å²) in [5.41, 5.74) is 1.89. The summed E-state index contributed by atoms with van der Waals surface area (Å²) in [5, 5.41) is 17.7. The third kappa shape index (κ3) is 2.86. The summed E-state index contributed by atoms with van der Waals surface area (Å²) in [4.78, 5) is 17.1. The lowest BCUT2D eigenvalue weighted by molar-refractivity contribution is 0.0971. The van der Waals surface area contributed by atoms with Gasteiger partial charge in [0.15, 0.2) is 11.6 Å². The van der Waals surface area contributed by atoms with Gasteiger partial charge in [-0.3, -0.25) is 9.78 Å². The van der Waals surface area contributed by atoms with Gasteiger partial charge in [0.05, 0.1) is 23.1 Å². The molecule has 4 rings (SSSR count). The van der Waals surface area contributed by atoms with Crippen LogP contribution in [-0.2, 0) is 0 Å². The van der Waals surface area contributed by atoms with Gasteiger partial charge >= 0.3 is 0 Å². The number of rotatable bonds is 5. The molecule has 1 saturated carbocycles. The average Bonchev–Trinajstić information content (AvgIpc) is 3.42. The van der Waals surface area contributed by atoms with Gasteiger partial charge in [0.2, 0.25) is 5.78 Å². The topological polar surface area (TPSA) is 84.5 Å². The summed E-state index contributed by atoms with van der Waals surface area (Å²) in [5.74, 6) is -1.64. The second-order valence-electron chi connectivity index (χ2n) is 6.17. The fourth-order valence-corrected chi connectivity index (χ4v) is 2.90. The quantitative estimate of drug-likeness (QED) is 0.662. The summed E-state index contributed by atoms with van der Waals surface area (Å²) >= 11 is 0. The van der Waals surface area contributed by atoms with E-state index in [2.05, 4.69) is 15.3 Å². The van der Waals surface area contributed by atoms with Crippen LogP contribution in [0.1, 0.15) is 46.6 Å². The lowest BCUT2D eigenvalue weighted by Gasteiger charge is -2.09. The molecule has 2 aromatic heterocycles. The first-order chi connectivity index (χ1) is 12.7. The van der Waals surface area contributed by atoms with E-state index in [0.717, 1.165) is 12.8 Å². The van der Waals surface area contributed by atoms with Gasteiger partial charge in [-0.1, -0.05) is 11.3 Å². The van der Waals surface area contributed by atoms with Crippen molar-refractivity contribution in [1.29, 1.82) is 5.26 Å².